The van der Waals surface area contributed by atoms with Crippen LogP contribution in [-0.2, 0) is 17.8 Å². The van der Waals surface area contributed by atoms with Crippen LogP contribution < -0.4 is 4.74 Å². The molecule has 1 unspecified atom stereocenters. The highest BCUT2D eigenvalue weighted by Gasteiger charge is 2.29. The van der Waals surface area contributed by atoms with Gasteiger partial charge in [-0.2, -0.15) is 0 Å². The van der Waals surface area contributed by atoms with Gasteiger partial charge >= 0.3 is 0 Å². The monoisotopic (exact) mass is 366 g/mol. The van der Waals surface area contributed by atoms with E-state index in [4.69, 9.17) is 4.74 Å². The van der Waals surface area contributed by atoms with E-state index in [0.717, 1.165) is 24.3 Å². The molecular weight excluding hydrogens is 336 g/mol. The molecule has 1 aliphatic rings. The van der Waals surface area contributed by atoms with Crippen LogP contribution in [0.3, 0.4) is 0 Å². The molecule has 2 aromatic carbocycles. The van der Waals surface area contributed by atoms with Gasteiger partial charge in [-0.3, -0.25) is 9.69 Å². The van der Waals surface area contributed by atoms with Gasteiger partial charge in [0.15, 0.2) is 0 Å². The number of ether oxygens (including phenoxy) is 1. The van der Waals surface area contributed by atoms with Gasteiger partial charge in [0, 0.05) is 6.54 Å². The van der Waals surface area contributed by atoms with E-state index in [0.29, 0.717) is 13.0 Å². The van der Waals surface area contributed by atoms with E-state index >= 15 is 0 Å². The molecular formula is C23H30N2O2. The Hall–Kier alpha value is -2.33. The third-order valence-corrected chi connectivity index (χ3v) is 5.40. The molecule has 0 aromatic heterocycles. The molecule has 1 heterocycles. The van der Waals surface area contributed by atoms with Gasteiger partial charge in [0.1, 0.15) is 5.75 Å². The molecule has 0 radical (unpaired) electrons. The molecule has 144 valence electrons. The first-order valence-corrected chi connectivity index (χ1v) is 9.75. The van der Waals surface area contributed by atoms with E-state index in [1.54, 1.807) is 7.11 Å². The smallest absolute Gasteiger partial charge is 0.228 e. The van der Waals surface area contributed by atoms with E-state index in [-0.39, 0.29) is 12.1 Å². The van der Waals surface area contributed by atoms with E-state index in [1.807, 2.05) is 24.3 Å². The number of carbonyl (C=O) groups excluding carboxylic acids is 1. The lowest BCUT2D eigenvalue weighted by molar-refractivity contribution is -0.138. The average molecular weight is 367 g/mol. The van der Waals surface area contributed by atoms with Crippen LogP contribution in [0.15, 0.2) is 48.5 Å². The Kier molecular flexibility index (Phi) is 6.51. The minimum atomic E-state index is 0.172. The molecule has 0 spiro atoms. The molecule has 1 amide bonds. The van der Waals surface area contributed by atoms with Crippen molar-refractivity contribution >= 4 is 5.91 Å². The van der Waals surface area contributed by atoms with Crippen molar-refractivity contribution in [1.82, 2.24) is 9.80 Å². The van der Waals surface area contributed by atoms with Crippen LogP contribution in [0, 0.1) is 6.92 Å². The molecule has 0 N–H and O–H groups in total. The van der Waals surface area contributed by atoms with Crippen LogP contribution in [0.4, 0.5) is 0 Å². The van der Waals surface area contributed by atoms with Crippen molar-refractivity contribution in [3.8, 4) is 5.75 Å². The summed E-state index contributed by atoms with van der Waals surface area (Å²) in [6.07, 6.45) is 4.01. The molecule has 1 aliphatic heterocycles. The normalized spacial score (nSPS) is 17.5. The summed E-state index contributed by atoms with van der Waals surface area (Å²) >= 11 is 0. The lowest BCUT2D eigenvalue weighted by Crippen LogP contribution is -2.51. The number of likely N-dealkylation sites (tertiary alicyclic amines) is 1. The summed E-state index contributed by atoms with van der Waals surface area (Å²) in [7, 11) is 3.79. The fourth-order valence-corrected chi connectivity index (χ4v) is 3.72. The summed E-state index contributed by atoms with van der Waals surface area (Å²) in [4.78, 5) is 17.6. The highest BCUT2D eigenvalue weighted by molar-refractivity contribution is 5.79. The Balaban J connectivity index is 1.78. The van der Waals surface area contributed by atoms with Crippen molar-refractivity contribution in [3.63, 3.8) is 0 Å². The van der Waals surface area contributed by atoms with Crippen molar-refractivity contribution < 1.29 is 9.53 Å². The van der Waals surface area contributed by atoms with Crippen LogP contribution in [0.2, 0.25) is 0 Å². The molecule has 1 saturated heterocycles. The Morgan fingerprint density at radius 3 is 2.37 bits per heavy atom. The number of piperidine rings is 1. The molecule has 27 heavy (non-hydrogen) atoms. The summed E-state index contributed by atoms with van der Waals surface area (Å²) in [6.45, 7) is 3.79. The van der Waals surface area contributed by atoms with Crippen LogP contribution >= 0.6 is 0 Å². The Morgan fingerprint density at radius 1 is 1.07 bits per heavy atom. The SMILES string of the molecule is COc1ccc(CC(=O)N(Cc2ccc(C)cc2)C2CCCCN2C)cc1. The number of amides is 1. The highest BCUT2D eigenvalue weighted by atomic mass is 16.5. The molecule has 2 aromatic rings. The Labute approximate surface area is 162 Å². The van der Waals surface area contributed by atoms with E-state index in [1.165, 1.54) is 24.0 Å². The third-order valence-electron chi connectivity index (χ3n) is 5.40. The first-order chi connectivity index (χ1) is 13.1. The quantitative estimate of drug-likeness (QED) is 0.774. The summed E-state index contributed by atoms with van der Waals surface area (Å²) < 4.78 is 5.22. The number of aryl methyl sites for hydroxylation is 1. The van der Waals surface area contributed by atoms with E-state index in [2.05, 4.69) is 48.0 Å². The van der Waals surface area contributed by atoms with Crippen molar-refractivity contribution in [2.45, 2.75) is 45.3 Å². The molecule has 3 rings (SSSR count). The van der Waals surface area contributed by atoms with Gasteiger partial charge in [-0.05, 0) is 63.0 Å². The number of carbonyl (C=O) groups is 1. The van der Waals surface area contributed by atoms with Crippen LogP contribution in [0.1, 0.15) is 36.0 Å². The zero-order valence-electron chi connectivity index (χ0n) is 16.6. The highest BCUT2D eigenvalue weighted by Crippen LogP contribution is 2.22. The second kappa shape index (κ2) is 9.05. The van der Waals surface area contributed by atoms with Gasteiger partial charge in [-0.25, -0.2) is 0 Å². The summed E-state index contributed by atoms with van der Waals surface area (Å²) in [6, 6.07) is 16.3. The molecule has 0 bridgehead atoms. The van der Waals surface area contributed by atoms with Crippen molar-refractivity contribution in [2.24, 2.45) is 0 Å². The maximum absolute atomic E-state index is 13.3. The maximum Gasteiger partial charge on any atom is 0.228 e. The van der Waals surface area contributed by atoms with Crippen molar-refractivity contribution in [2.75, 3.05) is 20.7 Å². The molecule has 1 fully saturated rings. The lowest BCUT2D eigenvalue weighted by atomic mass is 10.0. The standard InChI is InChI=1S/C23H30N2O2/c1-18-7-9-20(10-8-18)17-25(22-6-4-5-15-24(22)2)23(26)16-19-11-13-21(27-3)14-12-19/h7-14,22H,4-6,15-17H2,1-3H3. The number of hydrogen-bond acceptors (Lipinski definition) is 3. The molecule has 4 heteroatoms. The Morgan fingerprint density at radius 2 is 1.74 bits per heavy atom. The molecule has 4 nitrogen and oxygen atoms in total. The fraction of sp³-hybridized carbons (Fsp3) is 0.435. The largest absolute Gasteiger partial charge is 0.497 e. The second-order valence-corrected chi connectivity index (χ2v) is 7.49. The number of nitrogens with zero attached hydrogens (tertiary/aromatic N) is 2. The van der Waals surface area contributed by atoms with Gasteiger partial charge in [0.2, 0.25) is 5.91 Å². The number of methoxy groups -OCH3 is 1. The van der Waals surface area contributed by atoms with Crippen LogP contribution in [-0.4, -0.2) is 42.6 Å². The maximum atomic E-state index is 13.3. The zero-order chi connectivity index (χ0) is 19.2. The molecule has 0 aliphatic carbocycles. The molecule has 0 saturated carbocycles. The topological polar surface area (TPSA) is 32.8 Å². The van der Waals surface area contributed by atoms with Gasteiger partial charge < -0.3 is 9.64 Å². The van der Waals surface area contributed by atoms with Gasteiger partial charge in [-0.15, -0.1) is 0 Å². The first-order valence-electron chi connectivity index (χ1n) is 9.75. The van der Waals surface area contributed by atoms with E-state index < -0.39 is 0 Å². The summed E-state index contributed by atoms with van der Waals surface area (Å²) in [5.41, 5.74) is 3.44. The number of rotatable bonds is 6. The third kappa shape index (κ3) is 5.10. The van der Waals surface area contributed by atoms with E-state index in [9.17, 15) is 4.79 Å². The molecule has 1 atom stereocenters. The van der Waals surface area contributed by atoms with Crippen LogP contribution in [0.5, 0.6) is 5.75 Å². The minimum absolute atomic E-state index is 0.172. The van der Waals surface area contributed by atoms with Gasteiger partial charge in [0.25, 0.3) is 0 Å². The summed E-state index contributed by atoms with van der Waals surface area (Å²) in [5, 5.41) is 0. The van der Waals surface area contributed by atoms with Crippen molar-refractivity contribution in [1.29, 1.82) is 0 Å². The predicted molar refractivity (Wildman–Crippen MR) is 109 cm³/mol. The van der Waals surface area contributed by atoms with Gasteiger partial charge in [-0.1, -0.05) is 42.0 Å². The number of hydrogen-bond donors (Lipinski definition) is 0. The minimum Gasteiger partial charge on any atom is -0.497 e. The first kappa shape index (κ1) is 19.4. The zero-order valence-corrected chi connectivity index (χ0v) is 16.6. The van der Waals surface area contributed by atoms with Crippen molar-refractivity contribution in [3.05, 3.63) is 65.2 Å². The Bertz CT molecular complexity index is 740. The lowest BCUT2D eigenvalue weighted by Gasteiger charge is -2.41. The van der Waals surface area contributed by atoms with Gasteiger partial charge in [0.05, 0.1) is 19.7 Å². The number of benzene rings is 2. The van der Waals surface area contributed by atoms with Crippen LogP contribution in [0.25, 0.3) is 0 Å². The average Bonchev–Trinajstić information content (AvgIpc) is 2.69. The summed E-state index contributed by atoms with van der Waals surface area (Å²) in [5.74, 6) is 0.995. The second-order valence-electron chi connectivity index (χ2n) is 7.49. The fourth-order valence-electron chi connectivity index (χ4n) is 3.72. The predicted octanol–water partition coefficient (Wildman–Crippen LogP) is 4.02.